The molecule has 3 nitrogen and oxygen atoms in total. The summed E-state index contributed by atoms with van der Waals surface area (Å²) >= 11 is 0. The highest BCUT2D eigenvalue weighted by Gasteiger charge is 2.15. The number of carbonyl (C=O) groups excluding carboxylic acids is 1. The maximum Gasteiger partial charge on any atom is 0.222 e. The Bertz CT molecular complexity index is 222. The molecular weight excluding hydrogens is 214 g/mol. The van der Waals surface area contributed by atoms with Crippen LogP contribution in [0.1, 0.15) is 58.3 Å². The van der Waals surface area contributed by atoms with Gasteiger partial charge in [0.05, 0.1) is 6.10 Å². The van der Waals surface area contributed by atoms with Gasteiger partial charge in [-0.25, -0.2) is 0 Å². The van der Waals surface area contributed by atoms with Crippen molar-refractivity contribution < 1.29 is 9.90 Å². The first-order valence-electron chi connectivity index (χ1n) is 7.01. The normalized spacial score (nSPS) is 19.0. The molecule has 0 aromatic carbocycles. The number of carbonyl (C=O) groups is 1. The summed E-state index contributed by atoms with van der Waals surface area (Å²) in [5.41, 5.74) is 0. The Morgan fingerprint density at radius 2 is 2.00 bits per heavy atom. The van der Waals surface area contributed by atoms with Crippen molar-refractivity contribution in [2.45, 2.75) is 64.4 Å². The largest absolute Gasteiger partial charge is 0.392 e. The lowest BCUT2D eigenvalue weighted by Crippen LogP contribution is -2.32. The highest BCUT2D eigenvalue weighted by atomic mass is 16.3. The minimum atomic E-state index is -0.428. The lowest BCUT2D eigenvalue weighted by Gasteiger charge is -2.22. The number of hydrogen-bond donors (Lipinski definition) is 1. The topological polar surface area (TPSA) is 40.5 Å². The Kier molecular flexibility index (Phi) is 6.56. The van der Waals surface area contributed by atoms with Crippen molar-refractivity contribution in [2.75, 3.05) is 13.6 Å². The molecule has 1 aliphatic carbocycles. The van der Waals surface area contributed by atoms with E-state index in [0.29, 0.717) is 13.0 Å². The van der Waals surface area contributed by atoms with Crippen molar-refractivity contribution in [3.05, 3.63) is 0 Å². The molecule has 1 amide bonds. The zero-order chi connectivity index (χ0) is 12.7. The molecule has 1 saturated carbocycles. The summed E-state index contributed by atoms with van der Waals surface area (Å²) in [5, 5.41) is 9.21. The fraction of sp³-hybridized carbons (Fsp3) is 0.929. The standard InChI is InChI=1S/C14H27NO2/c1-12(16)11-15(2)14(17)10-6-9-13-7-4-3-5-8-13/h12-13,16H,3-11H2,1-2H3. The van der Waals surface area contributed by atoms with Crippen LogP contribution in [0.3, 0.4) is 0 Å². The van der Waals surface area contributed by atoms with E-state index in [2.05, 4.69) is 0 Å². The van der Waals surface area contributed by atoms with Gasteiger partial charge < -0.3 is 10.0 Å². The molecule has 1 aliphatic rings. The average molecular weight is 241 g/mol. The number of rotatable bonds is 6. The molecule has 0 bridgehead atoms. The first-order valence-corrected chi connectivity index (χ1v) is 7.01. The van der Waals surface area contributed by atoms with Gasteiger partial charge in [0.1, 0.15) is 0 Å². The minimum Gasteiger partial charge on any atom is -0.392 e. The van der Waals surface area contributed by atoms with Crippen LogP contribution in [-0.4, -0.2) is 35.6 Å². The molecule has 0 saturated heterocycles. The molecule has 1 rings (SSSR count). The van der Waals surface area contributed by atoms with E-state index in [0.717, 1.165) is 12.3 Å². The molecule has 0 aromatic rings. The van der Waals surface area contributed by atoms with E-state index in [1.54, 1.807) is 18.9 Å². The van der Waals surface area contributed by atoms with Crippen molar-refractivity contribution in [2.24, 2.45) is 5.92 Å². The summed E-state index contributed by atoms with van der Waals surface area (Å²) < 4.78 is 0. The fourth-order valence-corrected chi connectivity index (χ4v) is 2.71. The zero-order valence-electron chi connectivity index (χ0n) is 11.3. The Labute approximate surface area is 105 Å². The van der Waals surface area contributed by atoms with Crippen LogP contribution in [0.15, 0.2) is 0 Å². The zero-order valence-corrected chi connectivity index (χ0v) is 11.3. The van der Waals surface area contributed by atoms with Gasteiger partial charge in [0.15, 0.2) is 0 Å². The fourth-order valence-electron chi connectivity index (χ4n) is 2.71. The molecular formula is C14H27NO2. The number of amides is 1. The predicted molar refractivity (Wildman–Crippen MR) is 69.7 cm³/mol. The van der Waals surface area contributed by atoms with Gasteiger partial charge in [0.25, 0.3) is 0 Å². The summed E-state index contributed by atoms with van der Waals surface area (Å²) in [4.78, 5) is 13.4. The van der Waals surface area contributed by atoms with E-state index in [1.807, 2.05) is 0 Å². The molecule has 1 fully saturated rings. The second-order valence-electron chi connectivity index (χ2n) is 5.52. The number of aliphatic hydroxyl groups excluding tert-OH is 1. The van der Waals surface area contributed by atoms with Gasteiger partial charge in [-0.1, -0.05) is 32.1 Å². The van der Waals surface area contributed by atoms with Crippen molar-refractivity contribution in [3.8, 4) is 0 Å². The van der Waals surface area contributed by atoms with Crippen molar-refractivity contribution >= 4 is 5.91 Å². The molecule has 0 spiro atoms. The van der Waals surface area contributed by atoms with Gasteiger partial charge in [-0.05, 0) is 25.7 Å². The van der Waals surface area contributed by atoms with Crippen molar-refractivity contribution in [3.63, 3.8) is 0 Å². The Hall–Kier alpha value is -0.570. The van der Waals surface area contributed by atoms with Gasteiger partial charge in [0.2, 0.25) is 5.91 Å². The summed E-state index contributed by atoms with van der Waals surface area (Å²) in [7, 11) is 1.77. The molecule has 1 unspecified atom stereocenters. The van der Waals surface area contributed by atoms with Crippen molar-refractivity contribution in [1.29, 1.82) is 0 Å². The summed E-state index contributed by atoms with van der Waals surface area (Å²) in [5.74, 6) is 1.03. The maximum atomic E-state index is 11.7. The van der Waals surface area contributed by atoms with Crippen molar-refractivity contribution in [1.82, 2.24) is 4.90 Å². The first-order chi connectivity index (χ1) is 8.09. The second kappa shape index (κ2) is 7.70. The lowest BCUT2D eigenvalue weighted by atomic mass is 9.86. The van der Waals surface area contributed by atoms with E-state index < -0.39 is 6.10 Å². The smallest absolute Gasteiger partial charge is 0.222 e. The van der Waals surface area contributed by atoms with E-state index in [4.69, 9.17) is 0 Å². The third-order valence-electron chi connectivity index (χ3n) is 3.69. The third kappa shape index (κ3) is 6.06. The van der Waals surface area contributed by atoms with Crippen LogP contribution in [0, 0.1) is 5.92 Å². The third-order valence-corrected chi connectivity index (χ3v) is 3.69. The van der Waals surface area contributed by atoms with E-state index >= 15 is 0 Å². The molecule has 1 N–H and O–H groups in total. The number of nitrogens with zero attached hydrogens (tertiary/aromatic N) is 1. The van der Waals surface area contributed by atoms with Crippen LogP contribution < -0.4 is 0 Å². The van der Waals surface area contributed by atoms with E-state index in [9.17, 15) is 9.90 Å². The SMILES string of the molecule is CC(O)CN(C)C(=O)CCCC1CCCCC1. The van der Waals surface area contributed by atoms with Gasteiger partial charge in [-0.3, -0.25) is 4.79 Å². The Balaban J connectivity index is 2.10. The summed E-state index contributed by atoms with van der Waals surface area (Å²) in [6, 6.07) is 0. The quantitative estimate of drug-likeness (QED) is 0.776. The van der Waals surface area contributed by atoms with Crippen LogP contribution in [0.4, 0.5) is 0 Å². The first kappa shape index (κ1) is 14.5. The Morgan fingerprint density at radius 3 is 2.59 bits per heavy atom. The molecule has 1 atom stereocenters. The molecule has 0 heterocycles. The Morgan fingerprint density at radius 1 is 1.35 bits per heavy atom. The van der Waals surface area contributed by atoms with Crippen LogP contribution in [0.2, 0.25) is 0 Å². The van der Waals surface area contributed by atoms with Gasteiger partial charge in [-0.2, -0.15) is 0 Å². The van der Waals surface area contributed by atoms with Crippen LogP contribution in [0.5, 0.6) is 0 Å². The van der Waals surface area contributed by atoms with Gasteiger partial charge >= 0.3 is 0 Å². The number of hydrogen-bond acceptors (Lipinski definition) is 2. The number of likely N-dealkylation sites (N-methyl/N-ethyl adjacent to an activating group) is 1. The second-order valence-corrected chi connectivity index (χ2v) is 5.52. The predicted octanol–water partition coefficient (Wildman–Crippen LogP) is 2.58. The lowest BCUT2D eigenvalue weighted by molar-refractivity contribution is -0.131. The minimum absolute atomic E-state index is 0.168. The van der Waals surface area contributed by atoms with Crippen LogP contribution >= 0.6 is 0 Å². The number of aliphatic hydroxyl groups is 1. The van der Waals surface area contributed by atoms with Gasteiger partial charge in [-0.15, -0.1) is 0 Å². The highest BCUT2D eigenvalue weighted by Crippen LogP contribution is 2.27. The van der Waals surface area contributed by atoms with E-state index in [-0.39, 0.29) is 5.91 Å². The molecule has 17 heavy (non-hydrogen) atoms. The van der Waals surface area contributed by atoms with Gasteiger partial charge in [0, 0.05) is 20.0 Å². The van der Waals surface area contributed by atoms with E-state index in [1.165, 1.54) is 38.5 Å². The molecule has 100 valence electrons. The summed E-state index contributed by atoms with van der Waals surface area (Å²) in [6.07, 6.45) is 9.28. The molecule has 0 radical (unpaired) electrons. The van der Waals surface area contributed by atoms with Crippen LogP contribution in [0.25, 0.3) is 0 Å². The molecule has 0 aromatic heterocycles. The molecule has 3 heteroatoms. The maximum absolute atomic E-state index is 11.7. The average Bonchev–Trinajstić information content (AvgIpc) is 2.29. The van der Waals surface area contributed by atoms with Crippen LogP contribution in [-0.2, 0) is 4.79 Å². The molecule has 0 aliphatic heterocycles. The monoisotopic (exact) mass is 241 g/mol. The summed E-state index contributed by atoms with van der Waals surface area (Å²) in [6.45, 7) is 2.16. The highest BCUT2D eigenvalue weighted by molar-refractivity contribution is 5.75.